The highest BCUT2D eigenvalue weighted by Crippen LogP contribution is 2.30. The van der Waals surface area contributed by atoms with Crippen LogP contribution < -0.4 is 0 Å². The molecule has 1 unspecified atom stereocenters. The fraction of sp³-hybridized carbons (Fsp3) is 0.273. The number of benzene rings is 1. The topological polar surface area (TPSA) is 20.2 Å². The Hall–Kier alpha value is -0.950. The highest BCUT2D eigenvalue weighted by Gasteiger charge is 2.11. The molecule has 0 radical (unpaired) electrons. The second-order valence-electron chi connectivity index (χ2n) is 3.01. The van der Waals surface area contributed by atoms with E-state index < -0.39 is 0 Å². The minimum Gasteiger partial charge on any atom is -0.508 e. The Morgan fingerprint density at radius 2 is 2.31 bits per heavy atom. The normalized spacial score (nSPS) is 12.5. The summed E-state index contributed by atoms with van der Waals surface area (Å²) >= 11 is 5.76. The largest absolute Gasteiger partial charge is 0.508 e. The molecule has 0 amide bonds. The van der Waals surface area contributed by atoms with Gasteiger partial charge in [0.05, 0.1) is 0 Å². The smallest absolute Gasteiger partial charge is 0.119 e. The van der Waals surface area contributed by atoms with Crippen LogP contribution in [0.2, 0.25) is 0 Å². The number of aromatic hydroxyl groups is 1. The third-order valence-corrected chi connectivity index (χ3v) is 2.41. The van der Waals surface area contributed by atoms with Gasteiger partial charge in [0.15, 0.2) is 0 Å². The monoisotopic (exact) mass is 196 g/mol. The quantitative estimate of drug-likeness (QED) is 0.580. The summed E-state index contributed by atoms with van der Waals surface area (Å²) in [7, 11) is 0. The van der Waals surface area contributed by atoms with Crippen LogP contribution in [0.3, 0.4) is 0 Å². The van der Waals surface area contributed by atoms with E-state index in [0.717, 1.165) is 11.1 Å². The van der Waals surface area contributed by atoms with Gasteiger partial charge in [-0.3, -0.25) is 0 Å². The number of alkyl halides is 1. The first-order valence-electron chi connectivity index (χ1n) is 4.20. The average Bonchev–Trinajstić information content (AvgIpc) is 2.16. The van der Waals surface area contributed by atoms with E-state index in [1.165, 1.54) is 0 Å². The van der Waals surface area contributed by atoms with Gasteiger partial charge in [0.1, 0.15) is 5.75 Å². The van der Waals surface area contributed by atoms with Gasteiger partial charge < -0.3 is 5.11 Å². The summed E-state index contributed by atoms with van der Waals surface area (Å²) in [6, 6.07) is 5.39. The van der Waals surface area contributed by atoms with Crippen molar-refractivity contribution in [1.29, 1.82) is 0 Å². The Morgan fingerprint density at radius 1 is 1.62 bits per heavy atom. The van der Waals surface area contributed by atoms with Gasteiger partial charge in [-0.1, -0.05) is 25.1 Å². The van der Waals surface area contributed by atoms with Gasteiger partial charge in [-0.2, -0.15) is 0 Å². The summed E-state index contributed by atoms with van der Waals surface area (Å²) in [5.41, 5.74) is 1.85. The molecule has 0 saturated carbocycles. The van der Waals surface area contributed by atoms with Gasteiger partial charge in [-0.25, -0.2) is 0 Å². The highest BCUT2D eigenvalue weighted by molar-refractivity contribution is 6.17. The predicted octanol–water partition coefficient (Wildman–Crippen LogP) is 3.42. The molecule has 13 heavy (non-hydrogen) atoms. The van der Waals surface area contributed by atoms with Crippen molar-refractivity contribution in [2.75, 3.05) is 0 Å². The van der Waals surface area contributed by atoms with E-state index in [1.54, 1.807) is 18.2 Å². The fourth-order valence-electron chi connectivity index (χ4n) is 1.36. The zero-order chi connectivity index (χ0) is 9.84. The molecule has 0 heterocycles. The molecule has 0 aromatic heterocycles. The fourth-order valence-corrected chi connectivity index (χ4v) is 1.59. The maximum absolute atomic E-state index is 9.62. The standard InChI is InChI=1S/C11H13ClO/c1-3-8(2)11-9(7-12)5-4-6-10(11)13/h3-6,8,13H,1,7H2,2H3. The number of phenolic OH excluding ortho intramolecular Hbond substituents is 1. The van der Waals surface area contributed by atoms with E-state index in [-0.39, 0.29) is 5.92 Å². The first kappa shape index (κ1) is 10.1. The number of hydrogen-bond donors (Lipinski definition) is 1. The van der Waals surface area contributed by atoms with Gasteiger partial charge >= 0.3 is 0 Å². The van der Waals surface area contributed by atoms with Gasteiger partial charge in [-0.05, 0) is 11.6 Å². The maximum Gasteiger partial charge on any atom is 0.119 e. The first-order valence-corrected chi connectivity index (χ1v) is 4.73. The van der Waals surface area contributed by atoms with Gasteiger partial charge in [0, 0.05) is 17.4 Å². The molecular formula is C11H13ClO. The van der Waals surface area contributed by atoms with Crippen molar-refractivity contribution in [3.05, 3.63) is 42.0 Å². The minimum absolute atomic E-state index is 0.134. The van der Waals surface area contributed by atoms with Crippen molar-refractivity contribution in [2.24, 2.45) is 0 Å². The Labute approximate surface area is 83.7 Å². The molecule has 0 aliphatic rings. The van der Waals surface area contributed by atoms with Crippen LogP contribution in [0.25, 0.3) is 0 Å². The van der Waals surface area contributed by atoms with Crippen molar-refractivity contribution in [3.8, 4) is 5.75 Å². The Balaban J connectivity index is 3.22. The third kappa shape index (κ3) is 2.04. The van der Waals surface area contributed by atoms with Gasteiger partial charge in [-0.15, -0.1) is 18.2 Å². The second-order valence-corrected chi connectivity index (χ2v) is 3.28. The van der Waals surface area contributed by atoms with Crippen molar-refractivity contribution < 1.29 is 5.11 Å². The molecule has 1 rings (SSSR count). The SMILES string of the molecule is C=CC(C)c1c(O)cccc1CCl. The average molecular weight is 197 g/mol. The predicted molar refractivity (Wildman–Crippen MR) is 56.3 cm³/mol. The molecule has 1 N–H and O–H groups in total. The van der Waals surface area contributed by atoms with E-state index in [4.69, 9.17) is 11.6 Å². The van der Waals surface area contributed by atoms with Crippen molar-refractivity contribution >= 4 is 11.6 Å². The number of allylic oxidation sites excluding steroid dienone is 1. The molecular weight excluding hydrogens is 184 g/mol. The van der Waals surface area contributed by atoms with Crippen LogP contribution in [-0.4, -0.2) is 5.11 Å². The summed E-state index contributed by atoms with van der Waals surface area (Å²) in [6.45, 7) is 5.68. The lowest BCUT2D eigenvalue weighted by atomic mass is 9.95. The number of hydrogen-bond acceptors (Lipinski definition) is 1. The van der Waals surface area contributed by atoms with Crippen molar-refractivity contribution in [3.63, 3.8) is 0 Å². The van der Waals surface area contributed by atoms with Crippen LogP contribution in [0.1, 0.15) is 24.0 Å². The van der Waals surface area contributed by atoms with E-state index in [0.29, 0.717) is 11.6 Å². The molecule has 1 atom stereocenters. The van der Waals surface area contributed by atoms with E-state index in [2.05, 4.69) is 6.58 Å². The van der Waals surface area contributed by atoms with Gasteiger partial charge in [0.25, 0.3) is 0 Å². The molecule has 0 aliphatic carbocycles. The number of phenols is 1. The summed E-state index contributed by atoms with van der Waals surface area (Å²) in [5.74, 6) is 0.850. The molecule has 1 aromatic rings. The number of rotatable bonds is 3. The molecule has 0 bridgehead atoms. The summed E-state index contributed by atoms with van der Waals surface area (Å²) in [5, 5.41) is 9.62. The van der Waals surface area contributed by atoms with E-state index in [1.807, 2.05) is 13.0 Å². The lowest BCUT2D eigenvalue weighted by Crippen LogP contribution is -1.95. The van der Waals surface area contributed by atoms with Crippen molar-refractivity contribution in [2.45, 2.75) is 18.7 Å². The van der Waals surface area contributed by atoms with E-state index in [9.17, 15) is 5.11 Å². The molecule has 70 valence electrons. The second kappa shape index (κ2) is 4.33. The highest BCUT2D eigenvalue weighted by atomic mass is 35.5. The molecule has 2 heteroatoms. The lowest BCUT2D eigenvalue weighted by molar-refractivity contribution is 0.466. The van der Waals surface area contributed by atoms with Gasteiger partial charge in [0.2, 0.25) is 0 Å². The summed E-state index contributed by atoms with van der Waals surface area (Å²) < 4.78 is 0. The molecule has 1 nitrogen and oxygen atoms in total. The lowest BCUT2D eigenvalue weighted by Gasteiger charge is -2.12. The Morgan fingerprint density at radius 3 is 2.85 bits per heavy atom. The van der Waals surface area contributed by atoms with Crippen LogP contribution in [0, 0.1) is 0 Å². The van der Waals surface area contributed by atoms with Crippen LogP contribution in [0.5, 0.6) is 5.75 Å². The Bertz CT molecular complexity index is 307. The molecule has 0 fully saturated rings. The summed E-state index contributed by atoms with van der Waals surface area (Å²) in [6.07, 6.45) is 1.80. The minimum atomic E-state index is 0.134. The molecule has 1 aromatic carbocycles. The van der Waals surface area contributed by atoms with E-state index >= 15 is 0 Å². The van der Waals surface area contributed by atoms with Crippen LogP contribution in [-0.2, 0) is 5.88 Å². The zero-order valence-electron chi connectivity index (χ0n) is 7.63. The molecule has 0 saturated heterocycles. The molecule has 0 spiro atoms. The maximum atomic E-state index is 9.62. The number of halogens is 1. The first-order chi connectivity index (χ1) is 6.20. The Kier molecular flexibility index (Phi) is 3.38. The van der Waals surface area contributed by atoms with Crippen LogP contribution in [0.4, 0.5) is 0 Å². The zero-order valence-corrected chi connectivity index (χ0v) is 8.38. The molecule has 0 aliphatic heterocycles. The van der Waals surface area contributed by atoms with Crippen LogP contribution in [0.15, 0.2) is 30.9 Å². The van der Waals surface area contributed by atoms with Crippen molar-refractivity contribution in [1.82, 2.24) is 0 Å². The summed E-state index contributed by atoms with van der Waals surface area (Å²) in [4.78, 5) is 0. The van der Waals surface area contributed by atoms with Crippen LogP contribution >= 0.6 is 11.6 Å². The third-order valence-electron chi connectivity index (χ3n) is 2.13.